The summed E-state index contributed by atoms with van der Waals surface area (Å²) in [6.07, 6.45) is 5.26. The number of fused-ring (bicyclic) bond motifs is 2. The van der Waals surface area contributed by atoms with Gasteiger partial charge in [-0.3, -0.25) is 21.8 Å². The van der Waals surface area contributed by atoms with E-state index in [1.807, 2.05) is 36.4 Å². The van der Waals surface area contributed by atoms with E-state index in [0.717, 1.165) is 38.6 Å². The number of methoxy groups -OCH3 is 2. The number of nitrogens with two attached hydrogens (primary N) is 2. The average molecular weight is 415 g/mol. The molecule has 0 saturated carbocycles. The number of ether oxygens (including phenoxy) is 2. The Kier molecular flexibility index (Phi) is 5.69. The zero-order chi connectivity index (χ0) is 21.8. The van der Waals surface area contributed by atoms with Gasteiger partial charge in [0.1, 0.15) is 0 Å². The Labute approximate surface area is 178 Å². The fourth-order valence-electron chi connectivity index (χ4n) is 3.40. The standard InChI is InChI=1S/C22H17N5O2.H4N2/c1-28-19-10-16-18(11-20(19)29-2)25-22(13-5-7-23-8-6-13)26-21(16)14-3-4-17-15(9-14)12-24-27-17;1-2/h3-12H,1-2H3,(H,24,27);1-2H2. The van der Waals surface area contributed by atoms with Crippen LogP contribution in [0.5, 0.6) is 11.5 Å². The third kappa shape index (κ3) is 3.75. The molecule has 5 rings (SSSR count). The van der Waals surface area contributed by atoms with Crippen molar-refractivity contribution in [1.29, 1.82) is 0 Å². The van der Waals surface area contributed by atoms with E-state index >= 15 is 0 Å². The van der Waals surface area contributed by atoms with Crippen LogP contribution in [-0.2, 0) is 0 Å². The number of aromatic nitrogens is 5. The molecule has 9 heteroatoms. The zero-order valence-corrected chi connectivity index (χ0v) is 17.0. The summed E-state index contributed by atoms with van der Waals surface area (Å²) < 4.78 is 11.0. The molecule has 5 N–H and O–H groups in total. The minimum absolute atomic E-state index is 0.620. The largest absolute Gasteiger partial charge is 0.493 e. The van der Waals surface area contributed by atoms with Crippen molar-refractivity contribution in [3.05, 3.63) is 61.1 Å². The number of pyridine rings is 1. The number of rotatable bonds is 4. The number of aromatic amines is 1. The lowest BCUT2D eigenvalue weighted by atomic mass is 10.0. The maximum Gasteiger partial charge on any atom is 0.162 e. The molecule has 5 aromatic rings. The second kappa shape index (κ2) is 8.74. The maximum absolute atomic E-state index is 5.50. The van der Waals surface area contributed by atoms with Crippen molar-refractivity contribution >= 4 is 21.8 Å². The van der Waals surface area contributed by atoms with E-state index in [4.69, 9.17) is 19.4 Å². The van der Waals surface area contributed by atoms with Crippen molar-refractivity contribution in [2.45, 2.75) is 0 Å². The van der Waals surface area contributed by atoms with E-state index in [1.54, 1.807) is 32.8 Å². The summed E-state index contributed by atoms with van der Waals surface area (Å²) in [5.41, 5.74) is 4.41. The highest BCUT2D eigenvalue weighted by molar-refractivity contribution is 5.97. The minimum atomic E-state index is 0.620. The average Bonchev–Trinajstić information content (AvgIpc) is 3.32. The first-order valence-corrected chi connectivity index (χ1v) is 9.38. The third-order valence-corrected chi connectivity index (χ3v) is 4.85. The maximum atomic E-state index is 5.50. The summed E-state index contributed by atoms with van der Waals surface area (Å²) in [4.78, 5) is 13.8. The second-order valence-electron chi connectivity index (χ2n) is 6.53. The van der Waals surface area contributed by atoms with Gasteiger partial charge >= 0.3 is 0 Å². The van der Waals surface area contributed by atoms with Crippen LogP contribution in [0.3, 0.4) is 0 Å². The number of benzene rings is 2. The summed E-state index contributed by atoms with van der Waals surface area (Å²) in [7, 11) is 3.23. The van der Waals surface area contributed by atoms with Crippen molar-refractivity contribution in [2.24, 2.45) is 11.7 Å². The van der Waals surface area contributed by atoms with Crippen LogP contribution in [0.25, 0.3) is 44.5 Å². The van der Waals surface area contributed by atoms with Gasteiger partial charge in [-0.15, -0.1) is 0 Å². The van der Waals surface area contributed by atoms with Crippen LogP contribution >= 0.6 is 0 Å². The highest BCUT2D eigenvalue weighted by atomic mass is 16.5. The Balaban J connectivity index is 0.00000112. The number of nitrogens with one attached hydrogen (secondary N) is 1. The summed E-state index contributed by atoms with van der Waals surface area (Å²) in [5.74, 6) is 9.87. The van der Waals surface area contributed by atoms with Gasteiger partial charge < -0.3 is 9.47 Å². The van der Waals surface area contributed by atoms with Crippen molar-refractivity contribution in [3.63, 3.8) is 0 Å². The van der Waals surface area contributed by atoms with Crippen LogP contribution in [0, 0.1) is 0 Å². The quantitative estimate of drug-likeness (QED) is 0.301. The Morgan fingerprint density at radius 3 is 2.32 bits per heavy atom. The van der Waals surface area contributed by atoms with Gasteiger partial charge in [0, 0.05) is 40.4 Å². The smallest absolute Gasteiger partial charge is 0.162 e. The fourth-order valence-corrected chi connectivity index (χ4v) is 3.40. The van der Waals surface area contributed by atoms with Crippen molar-refractivity contribution in [3.8, 4) is 34.1 Å². The highest BCUT2D eigenvalue weighted by Gasteiger charge is 2.16. The molecule has 0 atom stereocenters. The number of hydrazine groups is 1. The van der Waals surface area contributed by atoms with Gasteiger partial charge in [-0.1, -0.05) is 6.07 Å². The number of hydrogen-bond donors (Lipinski definition) is 3. The highest BCUT2D eigenvalue weighted by Crippen LogP contribution is 2.37. The molecule has 0 amide bonds. The lowest BCUT2D eigenvalue weighted by Gasteiger charge is -2.13. The monoisotopic (exact) mass is 415 g/mol. The molecule has 0 saturated heterocycles. The molecule has 0 aliphatic rings. The number of nitrogens with zero attached hydrogens (tertiary/aromatic N) is 4. The Morgan fingerprint density at radius 1 is 0.839 bits per heavy atom. The first-order chi connectivity index (χ1) is 15.3. The molecule has 0 unspecified atom stereocenters. The molecule has 0 aliphatic carbocycles. The van der Waals surface area contributed by atoms with Gasteiger partial charge in [0.2, 0.25) is 0 Å². The third-order valence-electron chi connectivity index (χ3n) is 4.85. The van der Waals surface area contributed by atoms with E-state index in [9.17, 15) is 0 Å². The first-order valence-electron chi connectivity index (χ1n) is 9.38. The van der Waals surface area contributed by atoms with E-state index in [-0.39, 0.29) is 0 Å². The predicted molar refractivity (Wildman–Crippen MR) is 119 cm³/mol. The van der Waals surface area contributed by atoms with E-state index in [1.165, 1.54) is 0 Å². The van der Waals surface area contributed by atoms with E-state index in [2.05, 4.69) is 32.9 Å². The van der Waals surface area contributed by atoms with Crippen LogP contribution in [0.1, 0.15) is 0 Å². The lowest BCUT2D eigenvalue weighted by molar-refractivity contribution is 0.356. The van der Waals surface area contributed by atoms with Crippen molar-refractivity contribution in [2.75, 3.05) is 14.2 Å². The van der Waals surface area contributed by atoms with Crippen molar-refractivity contribution in [1.82, 2.24) is 25.1 Å². The van der Waals surface area contributed by atoms with Crippen LogP contribution in [0.4, 0.5) is 0 Å². The van der Waals surface area contributed by atoms with Crippen LogP contribution in [0.15, 0.2) is 61.1 Å². The van der Waals surface area contributed by atoms with Crippen LogP contribution in [0.2, 0.25) is 0 Å². The summed E-state index contributed by atoms with van der Waals surface area (Å²) >= 11 is 0. The van der Waals surface area contributed by atoms with Gasteiger partial charge in [-0.2, -0.15) is 5.10 Å². The summed E-state index contributed by atoms with van der Waals surface area (Å²) in [6, 6.07) is 13.7. The molecule has 2 aromatic carbocycles. The molecule has 0 radical (unpaired) electrons. The summed E-state index contributed by atoms with van der Waals surface area (Å²) in [5, 5.41) is 8.98. The van der Waals surface area contributed by atoms with E-state index < -0.39 is 0 Å². The Bertz CT molecular complexity index is 1340. The van der Waals surface area contributed by atoms with E-state index in [0.29, 0.717) is 17.3 Å². The van der Waals surface area contributed by atoms with Gasteiger partial charge in [0.25, 0.3) is 0 Å². The molecular weight excluding hydrogens is 394 g/mol. The molecule has 9 nitrogen and oxygen atoms in total. The van der Waals surface area contributed by atoms with Crippen LogP contribution < -0.4 is 21.2 Å². The predicted octanol–water partition coefficient (Wildman–Crippen LogP) is 3.07. The second-order valence-corrected chi connectivity index (χ2v) is 6.53. The Hall–Kier alpha value is -4.08. The SMILES string of the molecule is COc1cc2nc(-c3ccncc3)nc(-c3ccc4[nH]ncc4c3)c2cc1OC.NN. The van der Waals surface area contributed by atoms with Gasteiger partial charge in [-0.05, 0) is 30.3 Å². The minimum Gasteiger partial charge on any atom is -0.493 e. The molecule has 3 heterocycles. The normalized spacial score (nSPS) is 10.6. The molecule has 0 fully saturated rings. The molecule has 3 aromatic heterocycles. The first kappa shape index (κ1) is 20.2. The zero-order valence-electron chi connectivity index (χ0n) is 17.0. The summed E-state index contributed by atoms with van der Waals surface area (Å²) in [6.45, 7) is 0. The molecule has 156 valence electrons. The molecule has 0 bridgehead atoms. The topological polar surface area (TPSA) is 138 Å². The van der Waals surface area contributed by atoms with Gasteiger partial charge in [-0.25, -0.2) is 9.97 Å². The Morgan fingerprint density at radius 2 is 1.58 bits per heavy atom. The molecule has 0 spiro atoms. The fraction of sp³-hybridized carbons (Fsp3) is 0.0909. The lowest BCUT2D eigenvalue weighted by Crippen LogP contribution is -2.02. The van der Waals surface area contributed by atoms with Crippen molar-refractivity contribution < 1.29 is 9.47 Å². The number of H-pyrrole nitrogens is 1. The molecule has 0 aliphatic heterocycles. The van der Waals surface area contributed by atoms with Gasteiger partial charge in [0.05, 0.1) is 37.1 Å². The molecular formula is C22H21N7O2. The van der Waals surface area contributed by atoms with Crippen LogP contribution in [-0.4, -0.2) is 39.4 Å². The van der Waals surface area contributed by atoms with Gasteiger partial charge in [0.15, 0.2) is 17.3 Å². The number of hydrogen-bond acceptors (Lipinski definition) is 8. The molecule has 31 heavy (non-hydrogen) atoms.